The van der Waals surface area contributed by atoms with E-state index in [-0.39, 0.29) is 6.71 Å². The molecule has 0 spiro atoms. The summed E-state index contributed by atoms with van der Waals surface area (Å²) in [7, 11) is 0. The van der Waals surface area contributed by atoms with Crippen molar-refractivity contribution >= 4 is 62.1 Å². The van der Waals surface area contributed by atoms with E-state index in [1.165, 1.54) is 72.2 Å². The van der Waals surface area contributed by atoms with Gasteiger partial charge in [0.1, 0.15) is 11.2 Å². The summed E-state index contributed by atoms with van der Waals surface area (Å²) >= 11 is 0. The van der Waals surface area contributed by atoms with Crippen molar-refractivity contribution in [3.8, 4) is 22.3 Å². The summed E-state index contributed by atoms with van der Waals surface area (Å²) < 4.78 is 6.35. The van der Waals surface area contributed by atoms with E-state index in [9.17, 15) is 0 Å². The maximum absolute atomic E-state index is 6.35. The average Bonchev–Trinajstić information content (AvgIpc) is 3.61. The van der Waals surface area contributed by atoms with Crippen LogP contribution in [-0.2, 0) is 0 Å². The molecule has 0 atom stereocenters. The normalized spacial score (nSPS) is 13.2. The molecule has 2 aliphatic heterocycles. The van der Waals surface area contributed by atoms with Crippen LogP contribution in [0.15, 0.2) is 126 Å². The molecule has 0 saturated heterocycles. The molecule has 7 aromatic rings. The van der Waals surface area contributed by atoms with Gasteiger partial charge in [-0.25, -0.2) is 0 Å². The molecule has 0 bridgehead atoms. The van der Waals surface area contributed by atoms with Crippen LogP contribution in [0.1, 0.15) is 50.7 Å². The highest BCUT2D eigenvalue weighted by Crippen LogP contribution is 2.45. The second-order valence-electron chi connectivity index (χ2n) is 13.3. The largest absolute Gasteiger partial charge is 0.456 e. The van der Waals surface area contributed by atoms with E-state index in [1.54, 1.807) is 0 Å². The number of nitrogens with zero attached hydrogens (tertiary/aromatic N) is 1. The highest BCUT2D eigenvalue weighted by atomic mass is 16.3. The number of rotatable bonds is 4. The molecule has 1 aromatic heterocycles. The predicted octanol–water partition coefficient (Wildman–Crippen LogP) is 9.78. The van der Waals surface area contributed by atoms with Crippen molar-refractivity contribution in [1.29, 1.82) is 0 Å². The number of hydrogen-bond donors (Lipinski definition) is 0. The Kier molecular flexibility index (Phi) is 5.71. The monoisotopic (exact) mass is 579 g/mol. The molecule has 0 amide bonds. The Labute approximate surface area is 265 Å². The third-order valence-corrected chi connectivity index (χ3v) is 10.0. The fourth-order valence-electron chi connectivity index (χ4n) is 7.78. The minimum atomic E-state index is 0.201. The Morgan fingerprint density at radius 2 is 1.29 bits per heavy atom. The lowest BCUT2D eigenvalue weighted by Crippen LogP contribution is -2.54. The molecule has 0 saturated carbocycles. The maximum atomic E-state index is 6.35. The third-order valence-electron chi connectivity index (χ3n) is 10.0. The zero-order valence-corrected chi connectivity index (χ0v) is 26.1. The van der Waals surface area contributed by atoms with Gasteiger partial charge in [-0.1, -0.05) is 112 Å². The average molecular weight is 580 g/mol. The summed E-state index contributed by atoms with van der Waals surface area (Å²) in [4.78, 5) is 2.55. The summed E-state index contributed by atoms with van der Waals surface area (Å²) in [5.41, 5.74) is 17.6. The van der Waals surface area contributed by atoms with E-state index < -0.39 is 0 Å². The van der Waals surface area contributed by atoms with E-state index in [0.29, 0.717) is 11.8 Å². The maximum Gasteiger partial charge on any atom is 0.248 e. The second kappa shape index (κ2) is 9.74. The van der Waals surface area contributed by atoms with Gasteiger partial charge in [0.2, 0.25) is 6.71 Å². The second-order valence-corrected chi connectivity index (χ2v) is 13.3. The van der Waals surface area contributed by atoms with Crippen molar-refractivity contribution in [3.05, 3.63) is 132 Å². The zero-order chi connectivity index (χ0) is 30.4. The molecule has 0 aliphatic carbocycles. The van der Waals surface area contributed by atoms with Gasteiger partial charge in [-0.2, -0.15) is 0 Å². The summed E-state index contributed by atoms with van der Waals surface area (Å²) in [5.74, 6) is 0.877. The first-order chi connectivity index (χ1) is 22.0. The van der Waals surface area contributed by atoms with Gasteiger partial charge in [-0.05, 0) is 98.6 Å². The number of anilines is 3. The molecular weight excluding hydrogens is 545 g/mol. The highest BCUT2D eigenvalue weighted by Gasteiger charge is 2.43. The summed E-state index contributed by atoms with van der Waals surface area (Å²) in [6, 6.07) is 45.1. The Morgan fingerprint density at radius 3 is 2.16 bits per heavy atom. The SMILES string of the molecule is CC(C)c1cccc(N2c3cc(C(C)C)ccc3B3c4ccccc4-c4cc(-c5cccc6oc7ccccc7c56)cc2c43)c1. The molecule has 0 unspecified atom stereocenters. The van der Waals surface area contributed by atoms with Gasteiger partial charge < -0.3 is 9.32 Å². The molecule has 216 valence electrons. The number of fused-ring (bicyclic) bond motifs is 8. The van der Waals surface area contributed by atoms with Gasteiger partial charge in [-0.3, -0.25) is 0 Å². The first-order valence-corrected chi connectivity index (χ1v) is 16.2. The molecule has 0 radical (unpaired) electrons. The molecule has 6 aromatic carbocycles. The lowest BCUT2D eigenvalue weighted by atomic mass is 9.37. The quantitative estimate of drug-likeness (QED) is 0.193. The smallest absolute Gasteiger partial charge is 0.248 e. The van der Waals surface area contributed by atoms with Crippen LogP contribution in [0.25, 0.3) is 44.2 Å². The molecular formula is C42H34BNO. The van der Waals surface area contributed by atoms with Gasteiger partial charge in [0.15, 0.2) is 0 Å². The number of para-hydroxylation sites is 1. The van der Waals surface area contributed by atoms with E-state index in [2.05, 4.69) is 148 Å². The van der Waals surface area contributed by atoms with Crippen LogP contribution in [0.3, 0.4) is 0 Å². The summed E-state index contributed by atoms with van der Waals surface area (Å²) in [6.45, 7) is 9.34. The zero-order valence-electron chi connectivity index (χ0n) is 26.1. The molecule has 2 aliphatic rings. The van der Waals surface area contributed by atoms with E-state index in [4.69, 9.17) is 4.42 Å². The summed E-state index contributed by atoms with van der Waals surface area (Å²) in [6.07, 6.45) is 0. The van der Waals surface area contributed by atoms with Gasteiger partial charge in [0, 0.05) is 27.8 Å². The van der Waals surface area contributed by atoms with E-state index >= 15 is 0 Å². The van der Waals surface area contributed by atoms with Gasteiger partial charge >= 0.3 is 0 Å². The van der Waals surface area contributed by atoms with Crippen molar-refractivity contribution in [3.63, 3.8) is 0 Å². The Morgan fingerprint density at radius 1 is 0.556 bits per heavy atom. The van der Waals surface area contributed by atoms with Gasteiger partial charge in [-0.15, -0.1) is 0 Å². The fourth-order valence-corrected chi connectivity index (χ4v) is 7.78. The van der Waals surface area contributed by atoms with Crippen molar-refractivity contribution in [2.45, 2.75) is 39.5 Å². The molecule has 3 heterocycles. The van der Waals surface area contributed by atoms with Crippen LogP contribution in [0.2, 0.25) is 0 Å². The Balaban J connectivity index is 1.39. The molecule has 3 heteroatoms. The number of furan rings is 1. The van der Waals surface area contributed by atoms with Crippen LogP contribution in [0, 0.1) is 0 Å². The fraction of sp³-hybridized carbons (Fsp3) is 0.143. The minimum Gasteiger partial charge on any atom is -0.456 e. The van der Waals surface area contributed by atoms with Crippen LogP contribution >= 0.6 is 0 Å². The molecule has 0 N–H and O–H groups in total. The van der Waals surface area contributed by atoms with Gasteiger partial charge in [0.25, 0.3) is 0 Å². The molecule has 9 rings (SSSR count). The van der Waals surface area contributed by atoms with Crippen molar-refractivity contribution in [1.82, 2.24) is 0 Å². The number of benzene rings is 6. The Hall–Kier alpha value is -5.02. The first kappa shape index (κ1) is 26.4. The summed E-state index contributed by atoms with van der Waals surface area (Å²) in [5, 5.41) is 2.33. The minimum absolute atomic E-state index is 0.201. The third kappa shape index (κ3) is 3.83. The standard InChI is InChI=1S/C42H34BNO/c1-25(2)27-11-9-12-30(21-27)44-37-23-28(26(3)4)19-20-36(37)43-35-16-7-5-13-32(35)34-22-29(24-38(44)42(34)43)31-15-10-18-40-41(31)33-14-6-8-17-39(33)45-40/h5-26H,1-4H3. The molecule has 2 nitrogen and oxygen atoms in total. The van der Waals surface area contributed by atoms with Crippen LogP contribution in [0.4, 0.5) is 17.1 Å². The molecule has 0 fully saturated rings. The van der Waals surface area contributed by atoms with Crippen LogP contribution in [0.5, 0.6) is 0 Å². The van der Waals surface area contributed by atoms with Crippen LogP contribution < -0.4 is 21.3 Å². The van der Waals surface area contributed by atoms with E-state index in [1.807, 2.05) is 6.07 Å². The van der Waals surface area contributed by atoms with Gasteiger partial charge in [0.05, 0.1) is 0 Å². The van der Waals surface area contributed by atoms with Crippen molar-refractivity contribution in [2.24, 2.45) is 0 Å². The Bertz CT molecular complexity index is 2310. The lowest BCUT2D eigenvalue weighted by molar-refractivity contribution is 0.669. The number of hydrogen-bond acceptors (Lipinski definition) is 2. The van der Waals surface area contributed by atoms with Crippen molar-refractivity contribution in [2.75, 3.05) is 4.90 Å². The predicted molar refractivity (Wildman–Crippen MR) is 192 cm³/mol. The molecule has 45 heavy (non-hydrogen) atoms. The van der Waals surface area contributed by atoms with Crippen molar-refractivity contribution < 1.29 is 4.42 Å². The van der Waals surface area contributed by atoms with Crippen LogP contribution in [-0.4, -0.2) is 6.71 Å². The topological polar surface area (TPSA) is 16.4 Å². The first-order valence-electron chi connectivity index (χ1n) is 16.2. The lowest BCUT2D eigenvalue weighted by Gasteiger charge is -2.37. The van der Waals surface area contributed by atoms with E-state index in [0.717, 1.165) is 16.6 Å². The highest BCUT2D eigenvalue weighted by molar-refractivity contribution is 7.01.